The first-order valence-electron chi connectivity index (χ1n) is 6.06. The van der Waals surface area contributed by atoms with Crippen molar-refractivity contribution < 1.29 is 8.42 Å². The van der Waals surface area contributed by atoms with Crippen LogP contribution in [0.2, 0.25) is 4.47 Å². The highest BCUT2D eigenvalue weighted by Gasteiger charge is 2.22. The minimum Gasteiger partial charge on any atom is -0.279 e. The summed E-state index contributed by atoms with van der Waals surface area (Å²) in [4.78, 5) is 3.94. The summed E-state index contributed by atoms with van der Waals surface area (Å²) in [6, 6.07) is 7.36. The van der Waals surface area contributed by atoms with Crippen LogP contribution in [-0.2, 0) is 10.0 Å². The van der Waals surface area contributed by atoms with Crippen LogP contribution in [0.25, 0.3) is 0 Å². The first-order chi connectivity index (χ1) is 9.31. The van der Waals surface area contributed by atoms with Gasteiger partial charge in [0.05, 0.1) is 11.4 Å². The number of thiazole rings is 1. The molecule has 0 saturated carbocycles. The number of anilines is 1. The van der Waals surface area contributed by atoms with Gasteiger partial charge in [-0.15, -0.1) is 0 Å². The fourth-order valence-corrected chi connectivity index (χ4v) is 4.71. The Morgan fingerprint density at radius 3 is 2.50 bits per heavy atom. The summed E-state index contributed by atoms with van der Waals surface area (Å²) in [5.41, 5.74) is 1.95. The summed E-state index contributed by atoms with van der Waals surface area (Å²) >= 11 is 6.73. The minimum atomic E-state index is -3.66. The number of nitrogens with one attached hydrogen (secondary N) is 1. The van der Waals surface area contributed by atoms with Gasteiger partial charge < -0.3 is 0 Å². The highest BCUT2D eigenvalue weighted by molar-refractivity contribution is 7.94. The molecular weight excluding hydrogens is 316 g/mol. The van der Waals surface area contributed by atoms with E-state index in [1.807, 2.05) is 26.0 Å². The maximum atomic E-state index is 12.4. The Balaban J connectivity index is 2.41. The van der Waals surface area contributed by atoms with Crippen molar-refractivity contribution in [2.45, 2.75) is 30.9 Å². The number of hydrogen-bond donors (Lipinski definition) is 1. The minimum absolute atomic E-state index is 0.154. The molecule has 20 heavy (non-hydrogen) atoms. The van der Waals surface area contributed by atoms with Gasteiger partial charge >= 0.3 is 0 Å². The van der Waals surface area contributed by atoms with Gasteiger partial charge in [-0.3, -0.25) is 4.72 Å². The van der Waals surface area contributed by atoms with Crippen molar-refractivity contribution in [3.63, 3.8) is 0 Å². The summed E-state index contributed by atoms with van der Waals surface area (Å²) in [6.45, 7) is 5.66. The van der Waals surface area contributed by atoms with Crippen molar-refractivity contribution in [3.8, 4) is 0 Å². The number of sulfonamides is 1. The molecule has 0 radical (unpaired) electrons. The number of benzene rings is 1. The third kappa shape index (κ3) is 3.13. The third-order valence-electron chi connectivity index (χ3n) is 2.80. The Morgan fingerprint density at radius 1 is 1.30 bits per heavy atom. The molecule has 0 amide bonds. The smallest absolute Gasteiger partial charge is 0.273 e. The molecule has 1 aromatic heterocycles. The van der Waals surface area contributed by atoms with Gasteiger partial charge in [-0.05, 0) is 24.5 Å². The van der Waals surface area contributed by atoms with Crippen LogP contribution in [0, 0.1) is 6.92 Å². The summed E-state index contributed by atoms with van der Waals surface area (Å²) < 4.78 is 27.8. The van der Waals surface area contributed by atoms with Crippen molar-refractivity contribution in [2.24, 2.45) is 0 Å². The van der Waals surface area contributed by atoms with Crippen molar-refractivity contribution in [1.82, 2.24) is 4.98 Å². The van der Waals surface area contributed by atoms with Crippen LogP contribution in [0.15, 0.2) is 28.5 Å². The molecule has 0 saturated heterocycles. The van der Waals surface area contributed by atoms with E-state index < -0.39 is 10.0 Å². The second-order valence-electron chi connectivity index (χ2n) is 4.69. The molecule has 0 atom stereocenters. The monoisotopic (exact) mass is 330 g/mol. The van der Waals surface area contributed by atoms with Crippen LogP contribution in [0.5, 0.6) is 0 Å². The molecule has 2 rings (SSSR count). The maximum absolute atomic E-state index is 12.4. The van der Waals surface area contributed by atoms with E-state index >= 15 is 0 Å². The highest BCUT2D eigenvalue weighted by atomic mass is 35.5. The van der Waals surface area contributed by atoms with Crippen LogP contribution >= 0.6 is 22.9 Å². The van der Waals surface area contributed by atoms with E-state index in [1.54, 1.807) is 19.1 Å². The van der Waals surface area contributed by atoms with E-state index in [0.717, 1.165) is 16.9 Å². The van der Waals surface area contributed by atoms with E-state index in [4.69, 9.17) is 11.6 Å². The largest absolute Gasteiger partial charge is 0.279 e. The van der Waals surface area contributed by atoms with Crippen molar-refractivity contribution in [2.75, 3.05) is 4.72 Å². The van der Waals surface area contributed by atoms with Gasteiger partial charge in [0.2, 0.25) is 0 Å². The zero-order chi connectivity index (χ0) is 14.9. The van der Waals surface area contributed by atoms with Gasteiger partial charge in [-0.2, -0.15) is 0 Å². The van der Waals surface area contributed by atoms with Crippen molar-refractivity contribution >= 4 is 38.6 Å². The third-order valence-corrected chi connectivity index (χ3v) is 6.04. The number of aryl methyl sites for hydroxylation is 1. The first-order valence-corrected chi connectivity index (χ1v) is 8.73. The summed E-state index contributed by atoms with van der Waals surface area (Å²) in [6.07, 6.45) is 0. The number of rotatable bonds is 4. The molecule has 2 aromatic rings. The molecule has 7 heteroatoms. The van der Waals surface area contributed by atoms with Crippen LogP contribution in [-0.4, -0.2) is 13.4 Å². The SMILES string of the molecule is Cc1nc(Cl)sc1S(=O)(=O)Nc1ccccc1C(C)C. The Hall–Kier alpha value is -1.11. The summed E-state index contributed by atoms with van der Waals surface area (Å²) in [5.74, 6) is 0.222. The van der Waals surface area contributed by atoms with Crippen LogP contribution in [0.1, 0.15) is 31.0 Å². The lowest BCUT2D eigenvalue weighted by molar-refractivity contribution is 0.602. The number of aromatic nitrogens is 1. The average molecular weight is 331 g/mol. The fourth-order valence-electron chi connectivity index (χ4n) is 1.88. The second kappa shape index (κ2) is 5.71. The molecule has 4 nitrogen and oxygen atoms in total. The molecule has 0 fully saturated rings. The molecular formula is C13H15ClN2O2S2. The lowest BCUT2D eigenvalue weighted by Crippen LogP contribution is -2.14. The lowest BCUT2D eigenvalue weighted by Gasteiger charge is -2.14. The number of hydrogen-bond acceptors (Lipinski definition) is 4. The number of halogens is 1. The Labute approximate surface area is 127 Å². The number of nitrogens with zero attached hydrogens (tertiary/aromatic N) is 1. The van der Waals surface area contributed by atoms with Crippen molar-refractivity contribution in [1.29, 1.82) is 0 Å². The number of para-hydroxylation sites is 1. The van der Waals surface area contributed by atoms with Gasteiger partial charge in [0, 0.05) is 0 Å². The Bertz CT molecular complexity index is 724. The van der Waals surface area contributed by atoms with E-state index in [0.29, 0.717) is 11.4 Å². The molecule has 0 aliphatic heterocycles. The fraction of sp³-hybridized carbons (Fsp3) is 0.308. The topological polar surface area (TPSA) is 59.1 Å². The Kier molecular flexibility index (Phi) is 4.36. The molecule has 0 aliphatic rings. The second-order valence-corrected chi connectivity index (χ2v) is 8.15. The van der Waals surface area contributed by atoms with Gasteiger partial charge in [0.25, 0.3) is 10.0 Å². The van der Waals surface area contributed by atoms with Gasteiger partial charge in [0.15, 0.2) is 8.68 Å². The molecule has 0 aliphatic carbocycles. The normalized spacial score (nSPS) is 11.8. The maximum Gasteiger partial charge on any atom is 0.273 e. The van der Waals surface area contributed by atoms with Crippen LogP contribution < -0.4 is 4.72 Å². The highest BCUT2D eigenvalue weighted by Crippen LogP contribution is 2.30. The van der Waals surface area contributed by atoms with E-state index in [2.05, 4.69) is 9.71 Å². The van der Waals surface area contributed by atoms with Crippen molar-refractivity contribution in [3.05, 3.63) is 40.0 Å². The molecule has 1 N–H and O–H groups in total. The molecule has 0 spiro atoms. The van der Waals surface area contributed by atoms with E-state index in [1.165, 1.54) is 0 Å². The Morgan fingerprint density at radius 2 is 1.95 bits per heavy atom. The van der Waals surface area contributed by atoms with E-state index in [-0.39, 0.29) is 14.6 Å². The standard InChI is InChI=1S/C13H15ClN2O2S2/c1-8(2)10-6-4-5-7-11(10)16-20(17,18)12-9(3)15-13(14)19-12/h4-8,16H,1-3H3. The first kappa shape index (κ1) is 15.3. The van der Waals surface area contributed by atoms with Crippen LogP contribution in [0.4, 0.5) is 5.69 Å². The molecule has 1 heterocycles. The predicted molar refractivity (Wildman–Crippen MR) is 83.2 cm³/mol. The molecule has 1 aromatic carbocycles. The van der Waals surface area contributed by atoms with Gasteiger partial charge in [-0.25, -0.2) is 13.4 Å². The zero-order valence-corrected chi connectivity index (χ0v) is 13.7. The van der Waals surface area contributed by atoms with Gasteiger partial charge in [0.1, 0.15) is 0 Å². The van der Waals surface area contributed by atoms with E-state index in [9.17, 15) is 8.42 Å². The molecule has 0 bridgehead atoms. The molecule has 0 unspecified atom stereocenters. The van der Waals surface area contributed by atoms with Crippen LogP contribution in [0.3, 0.4) is 0 Å². The summed E-state index contributed by atoms with van der Waals surface area (Å²) in [5, 5.41) is 0. The predicted octanol–water partition coefficient (Wildman–Crippen LogP) is 4.03. The average Bonchev–Trinajstić information content (AvgIpc) is 2.69. The lowest BCUT2D eigenvalue weighted by atomic mass is 10.0. The quantitative estimate of drug-likeness (QED) is 0.920. The summed E-state index contributed by atoms with van der Waals surface area (Å²) in [7, 11) is -3.66. The van der Waals surface area contributed by atoms with Gasteiger partial charge in [-0.1, -0.05) is 55.0 Å². The molecule has 108 valence electrons. The zero-order valence-electron chi connectivity index (χ0n) is 11.3.